The van der Waals surface area contributed by atoms with E-state index in [9.17, 15) is 9.59 Å². The Morgan fingerprint density at radius 3 is 2.51 bits per heavy atom. The molecule has 3 aromatic heterocycles. The molecule has 1 saturated heterocycles. The molecule has 1 aromatic carbocycles. The van der Waals surface area contributed by atoms with E-state index in [0.29, 0.717) is 31.2 Å². The van der Waals surface area contributed by atoms with Gasteiger partial charge < -0.3 is 38.3 Å². The van der Waals surface area contributed by atoms with Crippen molar-refractivity contribution in [2.24, 2.45) is 0 Å². The maximum Gasteiger partial charge on any atom is 0.407 e. The second kappa shape index (κ2) is 14.3. The molecule has 1 N–H and O–H groups in total. The summed E-state index contributed by atoms with van der Waals surface area (Å²) in [7, 11) is 3.36. The summed E-state index contributed by atoms with van der Waals surface area (Å²) in [6.07, 6.45) is 2.85. The van der Waals surface area contributed by atoms with Gasteiger partial charge in [0, 0.05) is 43.6 Å². The van der Waals surface area contributed by atoms with Crippen molar-refractivity contribution in [3.63, 3.8) is 0 Å². The van der Waals surface area contributed by atoms with Gasteiger partial charge >= 0.3 is 6.09 Å². The lowest BCUT2D eigenvalue weighted by Gasteiger charge is -2.32. The van der Waals surface area contributed by atoms with Crippen molar-refractivity contribution in [1.82, 2.24) is 29.9 Å². The van der Waals surface area contributed by atoms with Crippen LogP contribution in [-0.2, 0) is 19.0 Å². The average Bonchev–Trinajstić information content (AvgIpc) is 3.58. The van der Waals surface area contributed by atoms with E-state index in [4.69, 9.17) is 33.4 Å². The molecule has 13 nitrogen and oxygen atoms in total. The first-order valence-corrected chi connectivity index (χ1v) is 16.0. The number of aryl methyl sites for hydroxylation is 2. The number of ether oxygens (including phenoxy) is 4. The second-order valence-electron chi connectivity index (χ2n) is 13.0. The number of carbonyl (C=O) groups is 2. The maximum absolute atomic E-state index is 12.9. The van der Waals surface area contributed by atoms with Crippen LogP contribution in [0.4, 0.5) is 4.79 Å². The van der Waals surface area contributed by atoms with Crippen LogP contribution in [0.2, 0.25) is 0 Å². The maximum atomic E-state index is 12.9. The van der Waals surface area contributed by atoms with E-state index < -0.39 is 11.7 Å². The van der Waals surface area contributed by atoms with E-state index in [1.165, 1.54) is 0 Å². The number of methoxy groups -OCH3 is 2. The number of hydrogen-bond donors (Lipinski definition) is 1. The molecular formula is C34H46N6O7. The van der Waals surface area contributed by atoms with Gasteiger partial charge in [0.1, 0.15) is 35.1 Å². The summed E-state index contributed by atoms with van der Waals surface area (Å²) in [5, 5.41) is 7.70. The number of piperidine rings is 1. The Morgan fingerprint density at radius 2 is 1.87 bits per heavy atom. The lowest BCUT2D eigenvalue weighted by Crippen LogP contribution is -2.41. The number of benzene rings is 1. The number of imidazole rings is 1. The van der Waals surface area contributed by atoms with Gasteiger partial charge in [-0.15, -0.1) is 0 Å². The van der Waals surface area contributed by atoms with Crippen LogP contribution in [-0.4, -0.2) is 95.9 Å². The standard InChI is InChI=1S/C34H46N6O7/c1-20(18-43-7)40-31-24-16-28(44-8)25(30-21(2)38-47-22(30)3)15-26(24)36-17-27(31)37-32(40)23-9-12-39(13-10-23)29(41)19-45-14-11-35-33(42)46-34(4,5)6/h15-17,20,23H,9-14,18-19H2,1-8H3,(H,35,42)/t20-/m1/s1. The van der Waals surface area contributed by atoms with Gasteiger partial charge in [-0.05, 0) is 66.5 Å². The van der Waals surface area contributed by atoms with Gasteiger partial charge in [0.05, 0.1) is 54.9 Å². The van der Waals surface area contributed by atoms with Gasteiger partial charge in [0.15, 0.2) is 0 Å². The number of nitrogens with zero attached hydrogens (tertiary/aromatic N) is 5. The molecular weight excluding hydrogens is 604 g/mol. The minimum Gasteiger partial charge on any atom is -0.496 e. The highest BCUT2D eigenvalue weighted by Crippen LogP contribution is 2.41. The molecule has 0 unspecified atom stereocenters. The van der Waals surface area contributed by atoms with E-state index in [0.717, 1.165) is 57.4 Å². The van der Waals surface area contributed by atoms with Gasteiger partial charge in [-0.3, -0.25) is 9.78 Å². The monoisotopic (exact) mass is 650 g/mol. The fourth-order valence-electron chi connectivity index (χ4n) is 6.28. The highest BCUT2D eigenvalue weighted by molar-refractivity contribution is 6.05. The predicted octanol–water partition coefficient (Wildman–Crippen LogP) is 5.32. The van der Waals surface area contributed by atoms with Crippen molar-refractivity contribution < 1.29 is 33.1 Å². The van der Waals surface area contributed by atoms with Crippen LogP contribution in [0.5, 0.6) is 5.75 Å². The largest absolute Gasteiger partial charge is 0.496 e. The van der Waals surface area contributed by atoms with Gasteiger partial charge in [0.2, 0.25) is 5.91 Å². The summed E-state index contributed by atoms with van der Waals surface area (Å²) in [5.41, 5.74) is 4.58. The zero-order valence-corrected chi connectivity index (χ0v) is 28.6. The summed E-state index contributed by atoms with van der Waals surface area (Å²) >= 11 is 0. The highest BCUT2D eigenvalue weighted by atomic mass is 16.6. The van der Waals surface area contributed by atoms with Crippen LogP contribution >= 0.6 is 0 Å². The third-order valence-corrected chi connectivity index (χ3v) is 8.37. The smallest absolute Gasteiger partial charge is 0.407 e. The van der Waals surface area contributed by atoms with E-state index in [2.05, 4.69) is 22.0 Å². The molecule has 254 valence electrons. The number of alkyl carbamates (subject to hydrolysis) is 1. The zero-order chi connectivity index (χ0) is 33.9. The number of aromatic nitrogens is 4. The van der Waals surface area contributed by atoms with E-state index in [1.807, 2.05) is 37.1 Å². The fourth-order valence-corrected chi connectivity index (χ4v) is 6.28. The molecule has 0 radical (unpaired) electrons. The first-order chi connectivity index (χ1) is 22.4. The molecule has 47 heavy (non-hydrogen) atoms. The Hall–Kier alpha value is -4.23. The van der Waals surface area contributed by atoms with Crippen LogP contribution < -0.4 is 10.1 Å². The number of hydrogen-bond acceptors (Lipinski definition) is 10. The summed E-state index contributed by atoms with van der Waals surface area (Å²) in [6, 6.07) is 4.05. The molecule has 1 aliphatic heterocycles. The number of rotatable bonds is 11. The highest BCUT2D eigenvalue weighted by Gasteiger charge is 2.30. The molecule has 0 saturated carbocycles. The lowest BCUT2D eigenvalue weighted by atomic mass is 9.95. The topological polar surface area (TPSA) is 143 Å². The summed E-state index contributed by atoms with van der Waals surface area (Å²) in [5.74, 6) is 2.45. The number of amides is 2. The van der Waals surface area contributed by atoms with Gasteiger partial charge in [-0.1, -0.05) is 5.16 Å². The predicted molar refractivity (Wildman–Crippen MR) is 177 cm³/mol. The summed E-state index contributed by atoms with van der Waals surface area (Å²) in [4.78, 5) is 36.5. The minimum absolute atomic E-state index is 0.00110. The Morgan fingerprint density at radius 1 is 1.13 bits per heavy atom. The van der Waals surface area contributed by atoms with Gasteiger partial charge in [-0.2, -0.15) is 0 Å². The molecule has 1 aliphatic rings. The van der Waals surface area contributed by atoms with Crippen molar-refractivity contribution >= 4 is 33.9 Å². The van der Waals surface area contributed by atoms with Gasteiger partial charge in [-0.25, -0.2) is 9.78 Å². The molecule has 1 atom stereocenters. The Balaban J connectivity index is 1.33. The third kappa shape index (κ3) is 7.51. The molecule has 4 heterocycles. The van der Waals surface area contributed by atoms with Crippen LogP contribution in [0.3, 0.4) is 0 Å². The summed E-state index contributed by atoms with van der Waals surface area (Å²) < 4.78 is 30.0. The minimum atomic E-state index is -0.571. The molecule has 2 amide bonds. The van der Waals surface area contributed by atoms with Crippen molar-refractivity contribution in [2.45, 2.75) is 71.9 Å². The summed E-state index contributed by atoms with van der Waals surface area (Å²) in [6.45, 7) is 13.5. The van der Waals surface area contributed by atoms with E-state index in [-0.39, 0.29) is 37.6 Å². The van der Waals surface area contributed by atoms with Gasteiger partial charge in [0.25, 0.3) is 0 Å². The number of fused-ring (bicyclic) bond motifs is 3. The molecule has 4 aromatic rings. The molecule has 5 rings (SSSR count). The van der Waals surface area contributed by atoms with E-state index >= 15 is 0 Å². The van der Waals surface area contributed by atoms with Crippen molar-refractivity contribution in [2.75, 3.05) is 53.7 Å². The molecule has 0 spiro atoms. The Bertz CT molecular complexity index is 1710. The number of nitrogens with one attached hydrogen (secondary N) is 1. The van der Waals surface area contributed by atoms with E-state index in [1.54, 1.807) is 35.0 Å². The number of pyridine rings is 1. The molecule has 13 heteroatoms. The number of carbonyl (C=O) groups excluding carboxylic acids is 2. The Kier molecular flexibility index (Phi) is 10.4. The van der Waals surface area contributed by atoms with Crippen molar-refractivity contribution in [3.05, 3.63) is 35.6 Å². The quantitative estimate of drug-likeness (QED) is 0.212. The Labute approximate surface area is 274 Å². The normalized spacial score (nSPS) is 14.9. The van der Waals surface area contributed by atoms with Crippen LogP contribution in [0, 0.1) is 13.8 Å². The first kappa shape index (κ1) is 34.1. The zero-order valence-electron chi connectivity index (χ0n) is 28.6. The van der Waals surface area contributed by atoms with Crippen molar-refractivity contribution in [3.8, 4) is 16.9 Å². The third-order valence-electron chi connectivity index (χ3n) is 8.37. The van der Waals surface area contributed by atoms with Crippen LogP contribution in [0.15, 0.2) is 22.9 Å². The van der Waals surface area contributed by atoms with Crippen LogP contribution in [0.25, 0.3) is 33.1 Å². The molecule has 1 fully saturated rings. The fraction of sp³-hybridized carbons (Fsp3) is 0.559. The van der Waals surface area contributed by atoms with Crippen molar-refractivity contribution in [1.29, 1.82) is 0 Å². The van der Waals surface area contributed by atoms with Crippen LogP contribution in [0.1, 0.15) is 69.8 Å². The second-order valence-corrected chi connectivity index (χ2v) is 13.0. The molecule has 0 aliphatic carbocycles. The first-order valence-electron chi connectivity index (χ1n) is 16.0. The molecule has 0 bridgehead atoms. The number of likely N-dealkylation sites (tertiary alicyclic amines) is 1. The lowest BCUT2D eigenvalue weighted by molar-refractivity contribution is -0.137. The average molecular weight is 651 g/mol. The SMILES string of the molecule is COC[C@@H](C)n1c(C2CCN(C(=O)COCCNC(=O)OC(C)(C)C)CC2)nc2cnc3cc(-c4c(C)noc4C)c(OC)cc3c21.